The number of fused-ring (bicyclic) bond motifs is 2. The van der Waals surface area contributed by atoms with Crippen molar-refractivity contribution in [3.05, 3.63) is 30.1 Å². The van der Waals surface area contributed by atoms with Crippen molar-refractivity contribution in [2.75, 3.05) is 13.2 Å². The van der Waals surface area contributed by atoms with E-state index < -0.39 is 12.7 Å². The van der Waals surface area contributed by atoms with Crippen LogP contribution in [0.5, 0.6) is 0 Å². The molecule has 2 fully saturated rings. The molecule has 168 valence electrons. The Labute approximate surface area is 185 Å². The Kier molecular flexibility index (Phi) is 5.47. The smallest absolute Gasteiger partial charge is 0.444 e. The standard InChI is InChI=1S/C23H33BN2O5/c1-21(2,3)29-20(27)26-17-10-15(11-18(26)14-28-13-17)19-9-8-16(12-25-19)24-30-22(4,5)23(6,7)31-24/h8-10,12,17-18H,11,13-14H2,1-7H3. The minimum absolute atomic E-state index is 0.0572. The number of carbonyl (C=O) groups is 1. The van der Waals surface area contributed by atoms with Crippen LogP contribution in [0, 0.1) is 0 Å². The summed E-state index contributed by atoms with van der Waals surface area (Å²) in [5.74, 6) is 0. The van der Waals surface area contributed by atoms with Crippen LogP contribution in [0.25, 0.3) is 5.57 Å². The Balaban J connectivity index is 1.51. The lowest BCUT2D eigenvalue weighted by atomic mass is 9.80. The van der Waals surface area contributed by atoms with E-state index in [9.17, 15) is 4.79 Å². The van der Waals surface area contributed by atoms with Crippen molar-refractivity contribution in [3.63, 3.8) is 0 Å². The number of pyridine rings is 1. The van der Waals surface area contributed by atoms with Crippen molar-refractivity contribution in [2.45, 2.75) is 83.8 Å². The van der Waals surface area contributed by atoms with Crippen molar-refractivity contribution in [3.8, 4) is 0 Å². The van der Waals surface area contributed by atoms with E-state index >= 15 is 0 Å². The fourth-order valence-corrected chi connectivity index (χ4v) is 4.10. The summed E-state index contributed by atoms with van der Waals surface area (Å²) < 4.78 is 23.6. The van der Waals surface area contributed by atoms with Gasteiger partial charge in [0.1, 0.15) is 5.60 Å². The predicted molar refractivity (Wildman–Crippen MR) is 119 cm³/mol. The molecular weight excluding hydrogens is 395 g/mol. The molecule has 1 aromatic heterocycles. The van der Waals surface area contributed by atoms with Gasteiger partial charge in [-0.2, -0.15) is 0 Å². The minimum Gasteiger partial charge on any atom is -0.444 e. The molecule has 0 saturated carbocycles. The first-order valence-electron chi connectivity index (χ1n) is 11.0. The van der Waals surface area contributed by atoms with Crippen molar-refractivity contribution >= 4 is 24.2 Å². The van der Waals surface area contributed by atoms with Crippen molar-refractivity contribution in [1.82, 2.24) is 9.88 Å². The van der Waals surface area contributed by atoms with Gasteiger partial charge < -0.3 is 18.8 Å². The zero-order valence-corrected chi connectivity index (χ0v) is 19.6. The van der Waals surface area contributed by atoms with Gasteiger partial charge in [0.25, 0.3) is 0 Å². The second-order valence-electron chi connectivity index (χ2n) is 10.6. The molecule has 0 aliphatic carbocycles. The highest BCUT2D eigenvalue weighted by molar-refractivity contribution is 6.62. The lowest BCUT2D eigenvalue weighted by Gasteiger charge is -2.44. The molecule has 31 heavy (non-hydrogen) atoms. The zero-order chi connectivity index (χ0) is 22.6. The molecule has 4 heterocycles. The van der Waals surface area contributed by atoms with Crippen LogP contribution >= 0.6 is 0 Å². The Morgan fingerprint density at radius 2 is 1.84 bits per heavy atom. The van der Waals surface area contributed by atoms with Gasteiger partial charge in [0.2, 0.25) is 0 Å². The van der Waals surface area contributed by atoms with Gasteiger partial charge in [-0.25, -0.2) is 4.79 Å². The number of morpholine rings is 1. The third kappa shape index (κ3) is 4.38. The molecule has 0 N–H and O–H groups in total. The van der Waals surface area contributed by atoms with Crippen molar-refractivity contribution in [1.29, 1.82) is 0 Å². The van der Waals surface area contributed by atoms with Crippen LogP contribution in [0.15, 0.2) is 24.4 Å². The van der Waals surface area contributed by atoms with Gasteiger partial charge in [-0.05, 0) is 66.5 Å². The molecular formula is C23H33BN2O5. The largest absolute Gasteiger partial charge is 0.496 e. The van der Waals surface area contributed by atoms with Gasteiger partial charge in [0, 0.05) is 11.7 Å². The van der Waals surface area contributed by atoms with Crippen LogP contribution in [-0.2, 0) is 18.8 Å². The number of carbonyl (C=O) groups excluding carboxylic acids is 1. The summed E-state index contributed by atoms with van der Waals surface area (Å²) in [6.07, 6.45) is 4.30. The van der Waals surface area contributed by atoms with E-state index in [2.05, 4.69) is 6.08 Å². The summed E-state index contributed by atoms with van der Waals surface area (Å²) in [6.45, 7) is 14.8. The molecule has 0 radical (unpaired) electrons. The number of nitrogens with zero attached hydrogens (tertiary/aromatic N) is 2. The highest BCUT2D eigenvalue weighted by atomic mass is 16.7. The van der Waals surface area contributed by atoms with E-state index in [1.165, 1.54) is 0 Å². The quantitative estimate of drug-likeness (QED) is 0.674. The predicted octanol–water partition coefficient (Wildman–Crippen LogP) is 3.17. The number of aromatic nitrogens is 1. The number of rotatable bonds is 2. The lowest BCUT2D eigenvalue weighted by molar-refractivity contribution is -0.0511. The van der Waals surface area contributed by atoms with Crippen LogP contribution in [0.4, 0.5) is 4.79 Å². The first-order valence-corrected chi connectivity index (χ1v) is 11.0. The molecule has 1 amide bonds. The Bertz CT molecular complexity index is 859. The maximum absolute atomic E-state index is 12.7. The maximum Gasteiger partial charge on any atom is 0.496 e. The molecule has 4 rings (SSSR count). The van der Waals surface area contributed by atoms with E-state index in [0.717, 1.165) is 16.7 Å². The van der Waals surface area contributed by atoms with Gasteiger partial charge in [-0.3, -0.25) is 9.88 Å². The summed E-state index contributed by atoms with van der Waals surface area (Å²) in [7, 11) is -0.428. The molecule has 2 bridgehead atoms. The van der Waals surface area contributed by atoms with Crippen molar-refractivity contribution in [2.24, 2.45) is 0 Å². The maximum atomic E-state index is 12.7. The number of hydrogen-bond acceptors (Lipinski definition) is 6. The lowest BCUT2D eigenvalue weighted by Crippen LogP contribution is -2.57. The molecule has 3 aliphatic heterocycles. The van der Waals surface area contributed by atoms with E-state index in [1.54, 1.807) is 0 Å². The summed E-state index contributed by atoms with van der Waals surface area (Å²) in [5.41, 5.74) is 1.63. The summed E-state index contributed by atoms with van der Waals surface area (Å²) in [6, 6.07) is 3.81. The molecule has 8 heteroatoms. The first-order chi connectivity index (χ1) is 14.4. The summed E-state index contributed by atoms with van der Waals surface area (Å²) >= 11 is 0. The first kappa shape index (κ1) is 22.3. The average Bonchev–Trinajstić information content (AvgIpc) is 2.87. The molecule has 2 saturated heterocycles. The number of hydrogen-bond donors (Lipinski definition) is 0. The van der Waals surface area contributed by atoms with E-state index in [-0.39, 0.29) is 29.4 Å². The third-order valence-corrected chi connectivity index (χ3v) is 6.44. The zero-order valence-electron chi connectivity index (χ0n) is 19.6. The van der Waals surface area contributed by atoms with Crippen LogP contribution < -0.4 is 5.46 Å². The van der Waals surface area contributed by atoms with Crippen molar-refractivity contribution < 1.29 is 23.6 Å². The normalized spacial score (nSPS) is 27.1. The Hall–Kier alpha value is -1.90. The summed E-state index contributed by atoms with van der Waals surface area (Å²) in [4.78, 5) is 19.3. The monoisotopic (exact) mass is 428 g/mol. The highest BCUT2D eigenvalue weighted by Gasteiger charge is 2.51. The fourth-order valence-electron chi connectivity index (χ4n) is 4.10. The second kappa shape index (κ2) is 7.61. The minimum atomic E-state index is -0.527. The van der Waals surface area contributed by atoms with Gasteiger partial charge in [0.05, 0.1) is 42.2 Å². The SMILES string of the molecule is CC(C)(C)OC(=O)N1C2C=C(c3ccc(B4OC(C)(C)C(C)(C)O4)cn3)CC1COC2. The third-order valence-electron chi connectivity index (χ3n) is 6.44. The molecule has 2 atom stereocenters. The van der Waals surface area contributed by atoms with Crippen LogP contribution in [-0.4, -0.2) is 65.2 Å². The van der Waals surface area contributed by atoms with Gasteiger partial charge >= 0.3 is 13.2 Å². The Morgan fingerprint density at radius 1 is 1.16 bits per heavy atom. The Morgan fingerprint density at radius 3 is 2.39 bits per heavy atom. The van der Waals surface area contributed by atoms with E-state index in [0.29, 0.717) is 19.6 Å². The molecule has 3 aliphatic rings. The van der Waals surface area contributed by atoms with E-state index in [4.69, 9.17) is 23.8 Å². The number of ether oxygens (including phenoxy) is 2. The second-order valence-corrected chi connectivity index (χ2v) is 10.6. The fraction of sp³-hybridized carbons (Fsp3) is 0.652. The average molecular weight is 428 g/mol. The van der Waals surface area contributed by atoms with Gasteiger partial charge in [-0.15, -0.1) is 0 Å². The number of amides is 1. The summed E-state index contributed by atoms with van der Waals surface area (Å²) in [5, 5.41) is 0. The molecule has 0 spiro atoms. The van der Waals surface area contributed by atoms with Gasteiger partial charge in [0.15, 0.2) is 0 Å². The highest BCUT2D eigenvalue weighted by Crippen LogP contribution is 2.37. The molecule has 7 nitrogen and oxygen atoms in total. The van der Waals surface area contributed by atoms with Crippen LogP contribution in [0.1, 0.15) is 60.6 Å². The molecule has 2 unspecified atom stereocenters. The topological polar surface area (TPSA) is 70.1 Å². The van der Waals surface area contributed by atoms with E-state index in [1.807, 2.05) is 71.7 Å². The molecule has 1 aromatic rings. The van der Waals surface area contributed by atoms with Crippen LogP contribution in [0.2, 0.25) is 0 Å². The molecule has 0 aromatic carbocycles. The van der Waals surface area contributed by atoms with Crippen LogP contribution in [0.3, 0.4) is 0 Å². The van der Waals surface area contributed by atoms with Gasteiger partial charge in [-0.1, -0.05) is 12.1 Å².